The molecule has 0 atom stereocenters. The van der Waals surface area contributed by atoms with Crippen LogP contribution >= 0.6 is 11.6 Å². The molecule has 0 spiro atoms. The molecule has 2 rings (SSSR count). The molecule has 0 radical (unpaired) electrons. The first-order valence-electron chi connectivity index (χ1n) is 5.94. The minimum absolute atomic E-state index is 0.00363. The van der Waals surface area contributed by atoms with E-state index in [2.05, 4.69) is 23.5 Å². The second-order valence-electron chi connectivity index (χ2n) is 4.03. The monoisotopic (exact) mass is 272 g/mol. The maximum Gasteiger partial charge on any atom is 0.243 e. The zero-order valence-corrected chi connectivity index (χ0v) is 11.2. The van der Waals surface area contributed by atoms with Crippen LogP contribution in [-0.4, -0.2) is 23.2 Å². The molecule has 0 aromatic heterocycles. The molecule has 96 valence electrons. The summed E-state index contributed by atoms with van der Waals surface area (Å²) in [6.45, 7) is 3.80. The fourth-order valence-electron chi connectivity index (χ4n) is 1.77. The minimum atomic E-state index is -0.00363. The third-order valence-electron chi connectivity index (χ3n) is 2.72. The van der Waals surface area contributed by atoms with Crippen molar-refractivity contribution in [2.75, 3.05) is 6.54 Å². The van der Waals surface area contributed by atoms with Crippen molar-refractivity contribution in [3.63, 3.8) is 0 Å². The van der Waals surface area contributed by atoms with E-state index in [0.717, 1.165) is 11.3 Å². The summed E-state index contributed by atoms with van der Waals surface area (Å²) < 4.78 is 0. The summed E-state index contributed by atoms with van der Waals surface area (Å²) >= 11 is 5.85. The highest BCUT2D eigenvalue weighted by molar-refractivity contribution is 6.30. The Balaban J connectivity index is 2.20. The second kappa shape index (κ2) is 6.21. The first kappa shape index (κ1) is 13.4. The Morgan fingerprint density at radius 3 is 2.79 bits per heavy atom. The summed E-state index contributed by atoms with van der Waals surface area (Å²) in [6, 6.07) is 7.45. The maximum atomic E-state index is 11.7. The van der Waals surface area contributed by atoms with Gasteiger partial charge in [-0.05, 0) is 23.8 Å². The first-order chi connectivity index (χ1) is 9.20. The third-order valence-corrected chi connectivity index (χ3v) is 2.97. The number of benzene rings is 1. The molecule has 0 saturated heterocycles. The molecular weight excluding hydrogens is 260 g/mol. The van der Waals surface area contributed by atoms with Gasteiger partial charge in [0, 0.05) is 17.9 Å². The Morgan fingerprint density at radius 1 is 1.37 bits per heavy atom. The molecule has 1 aromatic carbocycles. The summed E-state index contributed by atoms with van der Waals surface area (Å²) in [5.41, 5.74) is 1.87. The Labute approximate surface area is 117 Å². The van der Waals surface area contributed by atoms with Gasteiger partial charge in [0.15, 0.2) is 0 Å². The van der Waals surface area contributed by atoms with Gasteiger partial charge in [-0.1, -0.05) is 42.2 Å². The number of carbonyl (C=O) groups is 1. The predicted molar refractivity (Wildman–Crippen MR) is 76.9 cm³/mol. The number of rotatable bonds is 2. The van der Waals surface area contributed by atoms with E-state index in [-0.39, 0.29) is 5.91 Å². The number of carbonyl (C=O) groups excluding carboxylic acids is 1. The zero-order chi connectivity index (χ0) is 13.7. The van der Waals surface area contributed by atoms with Gasteiger partial charge in [-0.15, -0.1) is 0 Å². The lowest BCUT2D eigenvalue weighted by Crippen LogP contribution is -2.32. The van der Waals surface area contributed by atoms with Gasteiger partial charge < -0.3 is 0 Å². The Hall–Kier alpha value is -2.05. The van der Waals surface area contributed by atoms with Crippen molar-refractivity contribution in [3.05, 3.63) is 47.5 Å². The van der Waals surface area contributed by atoms with E-state index < -0.39 is 0 Å². The van der Waals surface area contributed by atoms with Gasteiger partial charge in [-0.25, -0.2) is 5.01 Å². The largest absolute Gasteiger partial charge is 0.273 e. The lowest BCUT2D eigenvalue weighted by molar-refractivity contribution is -0.131. The highest BCUT2D eigenvalue weighted by Crippen LogP contribution is 2.17. The maximum absolute atomic E-state index is 11.7. The number of hydrazone groups is 1. The van der Waals surface area contributed by atoms with Crippen molar-refractivity contribution in [1.82, 2.24) is 5.01 Å². The van der Waals surface area contributed by atoms with Crippen LogP contribution in [0.1, 0.15) is 18.4 Å². The summed E-state index contributed by atoms with van der Waals surface area (Å²) in [4.78, 5) is 11.7. The molecule has 0 saturated carbocycles. The van der Waals surface area contributed by atoms with Crippen LogP contribution < -0.4 is 0 Å². The molecule has 1 amide bonds. The third kappa shape index (κ3) is 3.46. The Morgan fingerprint density at radius 2 is 2.11 bits per heavy atom. The van der Waals surface area contributed by atoms with Gasteiger partial charge in [0.1, 0.15) is 6.54 Å². The van der Waals surface area contributed by atoms with Crippen LogP contribution in [0.3, 0.4) is 0 Å². The topological polar surface area (TPSA) is 32.7 Å². The molecule has 0 N–H and O–H groups in total. The Bertz CT molecular complexity index is 578. The molecular formula is C15H13ClN2O. The van der Waals surface area contributed by atoms with E-state index >= 15 is 0 Å². The zero-order valence-electron chi connectivity index (χ0n) is 10.4. The molecule has 1 heterocycles. The van der Waals surface area contributed by atoms with Crippen molar-refractivity contribution >= 4 is 23.2 Å². The number of hydrogen-bond donors (Lipinski definition) is 0. The normalized spacial score (nSPS) is 14.5. The van der Waals surface area contributed by atoms with E-state index in [4.69, 9.17) is 11.6 Å². The molecule has 4 heteroatoms. The van der Waals surface area contributed by atoms with Crippen molar-refractivity contribution in [2.24, 2.45) is 5.10 Å². The van der Waals surface area contributed by atoms with E-state index in [1.165, 1.54) is 11.1 Å². The molecule has 19 heavy (non-hydrogen) atoms. The van der Waals surface area contributed by atoms with E-state index in [0.29, 0.717) is 24.4 Å². The van der Waals surface area contributed by atoms with Crippen LogP contribution in [0.15, 0.2) is 42.0 Å². The van der Waals surface area contributed by atoms with E-state index in [9.17, 15) is 4.79 Å². The second-order valence-corrected chi connectivity index (χ2v) is 4.47. The van der Waals surface area contributed by atoms with Crippen LogP contribution in [-0.2, 0) is 4.79 Å². The van der Waals surface area contributed by atoms with E-state index in [1.807, 2.05) is 24.3 Å². The van der Waals surface area contributed by atoms with Crippen molar-refractivity contribution in [1.29, 1.82) is 0 Å². The van der Waals surface area contributed by atoms with Crippen LogP contribution in [0.4, 0.5) is 0 Å². The molecule has 1 aromatic rings. The SMILES string of the molecule is C=CC#CCN1N=C(c2ccc(Cl)cc2)CCC1=O. The fraction of sp³-hybridized carbons (Fsp3) is 0.200. The summed E-state index contributed by atoms with van der Waals surface area (Å²) in [7, 11) is 0. The highest BCUT2D eigenvalue weighted by Gasteiger charge is 2.20. The molecule has 0 aliphatic carbocycles. The predicted octanol–water partition coefficient (Wildman–Crippen LogP) is 2.86. The number of nitrogens with zero attached hydrogens (tertiary/aromatic N) is 2. The van der Waals surface area contributed by atoms with Gasteiger partial charge in [0.25, 0.3) is 0 Å². The highest BCUT2D eigenvalue weighted by atomic mass is 35.5. The van der Waals surface area contributed by atoms with Crippen LogP contribution in [0.25, 0.3) is 0 Å². The van der Waals surface area contributed by atoms with Crippen LogP contribution in [0.5, 0.6) is 0 Å². The molecule has 1 aliphatic rings. The lowest BCUT2D eigenvalue weighted by atomic mass is 10.0. The van der Waals surface area contributed by atoms with Gasteiger partial charge in [0.2, 0.25) is 5.91 Å². The smallest absolute Gasteiger partial charge is 0.243 e. The number of amides is 1. The average molecular weight is 273 g/mol. The van der Waals surface area contributed by atoms with Gasteiger partial charge in [-0.3, -0.25) is 4.79 Å². The van der Waals surface area contributed by atoms with Crippen molar-refractivity contribution < 1.29 is 4.79 Å². The standard InChI is InChI=1S/C15H13ClN2O/c1-2-3-4-11-18-15(19)10-9-14(17-18)12-5-7-13(16)8-6-12/h2,5-8H,1,9-11H2. The summed E-state index contributed by atoms with van der Waals surface area (Å²) in [6.07, 6.45) is 2.60. The number of allylic oxidation sites excluding steroid dienone is 1. The van der Waals surface area contributed by atoms with Gasteiger partial charge in [0.05, 0.1) is 5.71 Å². The van der Waals surface area contributed by atoms with Gasteiger partial charge >= 0.3 is 0 Å². The van der Waals surface area contributed by atoms with Gasteiger partial charge in [-0.2, -0.15) is 5.10 Å². The molecule has 3 nitrogen and oxygen atoms in total. The van der Waals surface area contributed by atoms with Crippen molar-refractivity contribution in [3.8, 4) is 11.8 Å². The van der Waals surface area contributed by atoms with Crippen LogP contribution in [0, 0.1) is 11.8 Å². The minimum Gasteiger partial charge on any atom is -0.273 e. The number of hydrogen-bond acceptors (Lipinski definition) is 2. The van der Waals surface area contributed by atoms with E-state index in [1.54, 1.807) is 0 Å². The summed E-state index contributed by atoms with van der Waals surface area (Å²) in [5, 5.41) is 6.45. The summed E-state index contributed by atoms with van der Waals surface area (Å²) in [5.74, 6) is 5.53. The molecule has 0 bridgehead atoms. The molecule has 0 fully saturated rings. The lowest BCUT2D eigenvalue weighted by Gasteiger charge is -2.21. The number of halogens is 1. The first-order valence-corrected chi connectivity index (χ1v) is 6.31. The molecule has 0 unspecified atom stereocenters. The quantitative estimate of drug-likeness (QED) is 0.762. The van der Waals surface area contributed by atoms with Crippen LogP contribution in [0.2, 0.25) is 5.02 Å². The Kier molecular flexibility index (Phi) is 4.38. The van der Waals surface area contributed by atoms with Crippen molar-refractivity contribution in [2.45, 2.75) is 12.8 Å². The average Bonchev–Trinajstić information content (AvgIpc) is 2.42. The fourth-order valence-corrected chi connectivity index (χ4v) is 1.89. The molecule has 1 aliphatic heterocycles.